The fraction of sp³-hybridized carbons (Fsp3) is 0.133. The highest BCUT2D eigenvalue weighted by molar-refractivity contribution is 6.31. The number of anilines is 1. The monoisotopic (exact) mass is 293 g/mol. The van der Waals surface area contributed by atoms with Crippen LogP contribution in [0.25, 0.3) is 0 Å². The lowest BCUT2D eigenvalue weighted by Gasteiger charge is -2.11. The first-order valence-corrected chi connectivity index (χ1v) is 6.37. The fourth-order valence-electron chi connectivity index (χ4n) is 1.80. The number of carboxylic acid groups (broad SMARTS) is 1. The van der Waals surface area contributed by atoms with E-state index in [2.05, 4.69) is 5.32 Å². The van der Waals surface area contributed by atoms with Gasteiger partial charge in [-0.05, 0) is 42.3 Å². The molecule has 2 rings (SSSR count). The molecular weight excluding hydrogens is 281 g/mol. The van der Waals surface area contributed by atoms with Crippen molar-refractivity contribution in [2.45, 2.75) is 13.5 Å². The Labute approximate surface area is 121 Å². The van der Waals surface area contributed by atoms with Crippen molar-refractivity contribution >= 4 is 23.3 Å². The average molecular weight is 294 g/mol. The second kappa shape index (κ2) is 5.92. The van der Waals surface area contributed by atoms with Crippen LogP contribution in [0.4, 0.5) is 10.1 Å². The van der Waals surface area contributed by atoms with Gasteiger partial charge in [0.25, 0.3) is 0 Å². The van der Waals surface area contributed by atoms with Crippen LogP contribution in [0.5, 0.6) is 0 Å². The molecule has 0 saturated heterocycles. The largest absolute Gasteiger partial charge is 0.478 e. The van der Waals surface area contributed by atoms with Crippen LogP contribution in [0.1, 0.15) is 21.5 Å². The fourth-order valence-corrected chi connectivity index (χ4v) is 2.04. The van der Waals surface area contributed by atoms with Crippen LogP contribution in [0, 0.1) is 12.7 Å². The first-order chi connectivity index (χ1) is 9.47. The summed E-state index contributed by atoms with van der Waals surface area (Å²) in [6, 6.07) is 9.03. The molecule has 0 aliphatic heterocycles. The van der Waals surface area contributed by atoms with Crippen molar-refractivity contribution in [3.8, 4) is 0 Å². The molecule has 0 fully saturated rings. The molecule has 5 heteroatoms. The summed E-state index contributed by atoms with van der Waals surface area (Å²) in [7, 11) is 0. The Morgan fingerprint density at radius 3 is 2.70 bits per heavy atom. The number of aromatic carboxylic acids is 1. The third kappa shape index (κ3) is 3.27. The SMILES string of the molecule is Cc1ccc(C(=O)O)cc1NCc1ccc(F)cc1Cl. The molecule has 0 saturated carbocycles. The molecule has 3 nitrogen and oxygen atoms in total. The molecular formula is C15H13ClFNO2. The van der Waals surface area contributed by atoms with Gasteiger partial charge in [-0.2, -0.15) is 0 Å². The quantitative estimate of drug-likeness (QED) is 0.892. The molecule has 0 bridgehead atoms. The van der Waals surface area contributed by atoms with E-state index in [0.717, 1.165) is 11.1 Å². The normalized spacial score (nSPS) is 10.3. The van der Waals surface area contributed by atoms with Crippen molar-refractivity contribution in [2.24, 2.45) is 0 Å². The lowest BCUT2D eigenvalue weighted by atomic mass is 10.1. The first-order valence-electron chi connectivity index (χ1n) is 5.99. The molecule has 0 aliphatic carbocycles. The molecule has 2 N–H and O–H groups in total. The van der Waals surface area contributed by atoms with Crippen molar-refractivity contribution in [3.05, 3.63) is 63.9 Å². The Hall–Kier alpha value is -2.07. The lowest BCUT2D eigenvalue weighted by Crippen LogP contribution is -2.04. The summed E-state index contributed by atoms with van der Waals surface area (Å²) < 4.78 is 12.9. The van der Waals surface area contributed by atoms with E-state index in [4.69, 9.17) is 16.7 Å². The smallest absolute Gasteiger partial charge is 0.335 e. The van der Waals surface area contributed by atoms with Crippen LogP contribution in [0.2, 0.25) is 5.02 Å². The first kappa shape index (κ1) is 14.3. The van der Waals surface area contributed by atoms with Gasteiger partial charge in [-0.25, -0.2) is 9.18 Å². The number of rotatable bonds is 4. The highest BCUT2D eigenvalue weighted by Gasteiger charge is 2.07. The topological polar surface area (TPSA) is 49.3 Å². The standard InChI is InChI=1S/C15H13ClFNO2/c1-9-2-3-10(15(19)20)6-14(9)18-8-11-4-5-12(17)7-13(11)16/h2-7,18H,8H2,1H3,(H,19,20). The maximum Gasteiger partial charge on any atom is 0.335 e. The molecule has 0 aliphatic rings. The summed E-state index contributed by atoms with van der Waals surface area (Å²) in [5, 5.41) is 12.4. The summed E-state index contributed by atoms with van der Waals surface area (Å²) in [5.41, 5.74) is 2.59. The van der Waals surface area contributed by atoms with Crippen LogP contribution < -0.4 is 5.32 Å². The van der Waals surface area contributed by atoms with E-state index in [9.17, 15) is 9.18 Å². The van der Waals surface area contributed by atoms with Gasteiger partial charge in [0.05, 0.1) is 5.56 Å². The van der Waals surface area contributed by atoms with Crippen LogP contribution in [-0.2, 0) is 6.54 Å². The summed E-state index contributed by atoms with van der Waals surface area (Å²) in [5.74, 6) is -1.37. The highest BCUT2D eigenvalue weighted by Crippen LogP contribution is 2.21. The Morgan fingerprint density at radius 1 is 1.30 bits per heavy atom. The molecule has 2 aromatic carbocycles. The molecule has 0 radical (unpaired) electrons. The number of aryl methyl sites for hydroxylation is 1. The zero-order valence-electron chi connectivity index (χ0n) is 10.8. The van der Waals surface area contributed by atoms with Crippen molar-refractivity contribution < 1.29 is 14.3 Å². The van der Waals surface area contributed by atoms with E-state index < -0.39 is 5.97 Å². The zero-order valence-corrected chi connectivity index (χ0v) is 11.5. The van der Waals surface area contributed by atoms with Crippen LogP contribution in [0.15, 0.2) is 36.4 Å². The number of hydrogen-bond donors (Lipinski definition) is 2. The van der Waals surface area contributed by atoms with E-state index in [-0.39, 0.29) is 11.4 Å². The number of carboxylic acids is 1. The molecule has 0 amide bonds. The van der Waals surface area contributed by atoms with E-state index in [1.54, 1.807) is 24.3 Å². The third-order valence-electron chi connectivity index (χ3n) is 2.97. The molecule has 0 spiro atoms. The number of nitrogens with one attached hydrogen (secondary N) is 1. The minimum atomic E-state index is -0.979. The molecule has 0 atom stereocenters. The Kier molecular flexibility index (Phi) is 4.25. The van der Waals surface area contributed by atoms with Crippen LogP contribution in [0.3, 0.4) is 0 Å². The second-order valence-electron chi connectivity index (χ2n) is 4.42. The Morgan fingerprint density at radius 2 is 2.05 bits per heavy atom. The van der Waals surface area contributed by atoms with Gasteiger partial charge in [0.1, 0.15) is 5.82 Å². The van der Waals surface area contributed by atoms with Crippen molar-refractivity contribution in [3.63, 3.8) is 0 Å². The van der Waals surface area contributed by atoms with Gasteiger partial charge < -0.3 is 10.4 Å². The van der Waals surface area contributed by atoms with E-state index in [1.165, 1.54) is 12.1 Å². The number of hydrogen-bond acceptors (Lipinski definition) is 2. The van der Waals surface area contributed by atoms with E-state index in [1.807, 2.05) is 6.92 Å². The molecule has 104 valence electrons. The van der Waals surface area contributed by atoms with Gasteiger partial charge in [-0.1, -0.05) is 23.7 Å². The number of halogens is 2. The molecule has 0 aromatic heterocycles. The van der Waals surface area contributed by atoms with Crippen molar-refractivity contribution in [2.75, 3.05) is 5.32 Å². The predicted molar refractivity (Wildman–Crippen MR) is 76.9 cm³/mol. The van der Waals surface area contributed by atoms with Crippen LogP contribution in [-0.4, -0.2) is 11.1 Å². The predicted octanol–water partition coefficient (Wildman–Crippen LogP) is 4.10. The van der Waals surface area contributed by atoms with Gasteiger partial charge in [-0.3, -0.25) is 0 Å². The van der Waals surface area contributed by atoms with Crippen molar-refractivity contribution in [1.82, 2.24) is 0 Å². The highest BCUT2D eigenvalue weighted by atomic mass is 35.5. The van der Waals surface area contributed by atoms with Gasteiger partial charge in [0.2, 0.25) is 0 Å². The zero-order chi connectivity index (χ0) is 14.7. The third-order valence-corrected chi connectivity index (χ3v) is 3.32. The lowest BCUT2D eigenvalue weighted by molar-refractivity contribution is 0.0697. The maximum atomic E-state index is 12.9. The summed E-state index contributed by atoms with van der Waals surface area (Å²) in [4.78, 5) is 10.9. The van der Waals surface area contributed by atoms with Crippen LogP contribution >= 0.6 is 11.6 Å². The molecule has 0 heterocycles. The van der Waals surface area contributed by atoms with Gasteiger partial charge >= 0.3 is 5.97 Å². The van der Waals surface area contributed by atoms with E-state index in [0.29, 0.717) is 17.3 Å². The minimum absolute atomic E-state index is 0.211. The maximum absolute atomic E-state index is 12.9. The number of carbonyl (C=O) groups is 1. The molecule has 2 aromatic rings. The minimum Gasteiger partial charge on any atom is -0.478 e. The van der Waals surface area contributed by atoms with E-state index >= 15 is 0 Å². The Bertz CT molecular complexity index is 658. The molecule has 0 unspecified atom stereocenters. The number of benzene rings is 2. The van der Waals surface area contributed by atoms with Gasteiger partial charge in [-0.15, -0.1) is 0 Å². The van der Waals surface area contributed by atoms with Crippen molar-refractivity contribution in [1.29, 1.82) is 0 Å². The summed E-state index contributed by atoms with van der Waals surface area (Å²) >= 11 is 5.94. The average Bonchev–Trinajstić information content (AvgIpc) is 2.39. The van der Waals surface area contributed by atoms with Gasteiger partial charge in [0.15, 0.2) is 0 Å². The van der Waals surface area contributed by atoms with Gasteiger partial charge in [0, 0.05) is 17.3 Å². The Balaban J connectivity index is 2.18. The second-order valence-corrected chi connectivity index (χ2v) is 4.83. The summed E-state index contributed by atoms with van der Waals surface area (Å²) in [6.07, 6.45) is 0. The molecule has 20 heavy (non-hydrogen) atoms. The summed E-state index contributed by atoms with van der Waals surface area (Å²) in [6.45, 7) is 2.27.